The molecule has 2 nitrogen and oxygen atoms in total. The van der Waals surface area contributed by atoms with E-state index < -0.39 is 0 Å². The zero-order chi connectivity index (χ0) is 9.26. The Morgan fingerprint density at radius 2 is 2.38 bits per heavy atom. The Morgan fingerprint density at radius 3 is 3.00 bits per heavy atom. The van der Waals surface area contributed by atoms with Crippen LogP contribution in [-0.2, 0) is 0 Å². The summed E-state index contributed by atoms with van der Waals surface area (Å²) in [6.45, 7) is 4.15. The van der Waals surface area contributed by atoms with Gasteiger partial charge in [0.25, 0.3) is 0 Å². The van der Waals surface area contributed by atoms with Gasteiger partial charge < -0.3 is 0 Å². The van der Waals surface area contributed by atoms with Crippen LogP contribution in [0, 0.1) is 6.92 Å². The summed E-state index contributed by atoms with van der Waals surface area (Å²) in [4.78, 5) is 8.72. The molecule has 3 heteroatoms. The summed E-state index contributed by atoms with van der Waals surface area (Å²) in [5.74, 6) is 1.11. The summed E-state index contributed by atoms with van der Waals surface area (Å²) in [5.41, 5.74) is 2.27. The highest BCUT2D eigenvalue weighted by atomic mass is 32.2. The second-order valence-corrected chi connectivity index (χ2v) is 4.29. The number of hydrogen-bond acceptors (Lipinski definition) is 3. The van der Waals surface area contributed by atoms with E-state index >= 15 is 0 Å². The van der Waals surface area contributed by atoms with Gasteiger partial charge in [-0.3, -0.25) is 9.98 Å². The molecule has 0 fully saturated rings. The largest absolute Gasteiger partial charge is 0.274 e. The topological polar surface area (TPSA) is 25.2 Å². The first-order valence-corrected chi connectivity index (χ1v) is 5.38. The van der Waals surface area contributed by atoms with E-state index in [2.05, 4.69) is 23.0 Å². The fourth-order valence-corrected chi connectivity index (χ4v) is 2.33. The first kappa shape index (κ1) is 8.75. The van der Waals surface area contributed by atoms with Crippen molar-refractivity contribution in [2.75, 3.05) is 5.75 Å². The molecule has 13 heavy (non-hydrogen) atoms. The summed E-state index contributed by atoms with van der Waals surface area (Å²) in [7, 11) is 0. The number of rotatable bonds is 1. The predicted octanol–water partition coefficient (Wildman–Crippen LogP) is 2.27. The standard InChI is InChI=1S/C10H12N2S/c1-7-5-9(3-4-11-7)10-12-8(2)6-13-10/h3-5,8H,6H2,1-2H3/t8-/m1/s1. The van der Waals surface area contributed by atoms with Crippen LogP contribution >= 0.6 is 11.8 Å². The molecule has 1 aromatic heterocycles. The van der Waals surface area contributed by atoms with E-state index in [-0.39, 0.29) is 0 Å². The Labute approximate surface area is 82.5 Å². The number of pyridine rings is 1. The van der Waals surface area contributed by atoms with Crippen molar-refractivity contribution in [3.05, 3.63) is 29.6 Å². The molecule has 0 bridgehead atoms. The molecule has 1 aliphatic rings. The molecule has 0 spiro atoms. The fraction of sp³-hybridized carbons (Fsp3) is 0.400. The lowest BCUT2D eigenvalue weighted by molar-refractivity contribution is 0.865. The first-order valence-electron chi connectivity index (χ1n) is 4.39. The third kappa shape index (κ3) is 1.91. The summed E-state index contributed by atoms with van der Waals surface area (Å²) < 4.78 is 0. The molecule has 0 radical (unpaired) electrons. The van der Waals surface area contributed by atoms with Gasteiger partial charge in [-0.2, -0.15) is 0 Å². The maximum atomic E-state index is 4.55. The van der Waals surface area contributed by atoms with Crippen LogP contribution < -0.4 is 0 Å². The molecule has 2 heterocycles. The molecule has 0 aliphatic carbocycles. The fourth-order valence-electron chi connectivity index (χ4n) is 1.31. The molecule has 0 saturated carbocycles. The number of nitrogens with zero attached hydrogens (tertiary/aromatic N) is 2. The highest BCUT2D eigenvalue weighted by Crippen LogP contribution is 2.22. The van der Waals surface area contributed by atoms with Gasteiger partial charge in [0.05, 0.1) is 11.1 Å². The van der Waals surface area contributed by atoms with E-state index in [0.717, 1.165) is 16.5 Å². The molecule has 68 valence electrons. The normalized spacial score (nSPS) is 21.7. The van der Waals surface area contributed by atoms with E-state index in [0.29, 0.717) is 6.04 Å². The highest BCUT2D eigenvalue weighted by molar-refractivity contribution is 8.14. The number of aromatic nitrogens is 1. The van der Waals surface area contributed by atoms with E-state index in [9.17, 15) is 0 Å². The predicted molar refractivity (Wildman–Crippen MR) is 57.4 cm³/mol. The minimum absolute atomic E-state index is 0.466. The van der Waals surface area contributed by atoms with Gasteiger partial charge in [-0.05, 0) is 26.0 Å². The summed E-state index contributed by atoms with van der Waals surface area (Å²) >= 11 is 1.83. The van der Waals surface area contributed by atoms with Crippen molar-refractivity contribution in [1.82, 2.24) is 4.98 Å². The molecular weight excluding hydrogens is 180 g/mol. The summed E-state index contributed by atoms with van der Waals surface area (Å²) in [5, 5.41) is 1.16. The van der Waals surface area contributed by atoms with Crippen LogP contribution in [0.5, 0.6) is 0 Å². The van der Waals surface area contributed by atoms with Gasteiger partial charge in [0, 0.05) is 23.2 Å². The van der Waals surface area contributed by atoms with Gasteiger partial charge in [-0.15, -0.1) is 11.8 Å². The third-order valence-electron chi connectivity index (χ3n) is 1.94. The maximum absolute atomic E-state index is 4.55. The third-order valence-corrected chi connectivity index (χ3v) is 3.21. The second kappa shape index (κ2) is 3.50. The molecule has 0 unspecified atom stereocenters. The van der Waals surface area contributed by atoms with Gasteiger partial charge in [0.15, 0.2) is 0 Å². The number of hydrogen-bond donors (Lipinski definition) is 0. The van der Waals surface area contributed by atoms with E-state index in [1.807, 2.05) is 30.9 Å². The Bertz CT molecular complexity index is 347. The molecule has 1 atom stereocenters. The van der Waals surface area contributed by atoms with Gasteiger partial charge in [-0.25, -0.2) is 0 Å². The van der Waals surface area contributed by atoms with Crippen molar-refractivity contribution in [3.63, 3.8) is 0 Å². The van der Waals surface area contributed by atoms with Gasteiger partial charge in [-0.1, -0.05) is 0 Å². The van der Waals surface area contributed by atoms with Crippen molar-refractivity contribution < 1.29 is 0 Å². The number of aliphatic imine (C=N–C) groups is 1. The molecule has 2 rings (SSSR count). The molecule has 0 amide bonds. The lowest BCUT2D eigenvalue weighted by Gasteiger charge is -1.99. The van der Waals surface area contributed by atoms with Gasteiger partial charge >= 0.3 is 0 Å². The summed E-state index contributed by atoms with van der Waals surface area (Å²) in [6.07, 6.45) is 1.84. The van der Waals surface area contributed by atoms with Crippen molar-refractivity contribution in [3.8, 4) is 0 Å². The van der Waals surface area contributed by atoms with Gasteiger partial charge in [0.1, 0.15) is 0 Å². The van der Waals surface area contributed by atoms with E-state index in [4.69, 9.17) is 0 Å². The average molecular weight is 192 g/mol. The van der Waals surface area contributed by atoms with Crippen LogP contribution in [0.4, 0.5) is 0 Å². The van der Waals surface area contributed by atoms with E-state index in [1.54, 1.807) is 0 Å². The van der Waals surface area contributed by atoms with Crippen molar-refractivity contribution in [1.29, 1.82) is 0 Å². The van der Waals surface area contributed by atoms with Crippen molar-refractivity contribution in [2.24, 2.45) is 4.99 Å². The molecule has 0 aromatic carbocycles. The zero-order valence-corrected chi connectivity index (χ0v) is 8.64. The zero-order valence-electron chi connectivity index (χ0n) is 7.82. The molecular formula is C10H12N2S. The first-order chi connectivity index (χ1) is 6.25. The molecule has 1 aliphatic heterocycles. The van der Waals surface area contributed by atoms with Crippen LogP contribution in [0.3, 0.4) is 0 Å². The molecule has 0 saturated heterocycles. The maximum Gasteiger partial charge on any atom is 0.0982 e. The monoisotopic (exact) mass is 192 g/mol. The van der Waals surface area contributed by atoms with Crippen LogP contribution in [0.2, 0.25) is 0 Å². The summed E-state index contributed by atoms with van der Waals surface area (Å²) in [6, 6.07) is 4.58. The Morgan fingerprint density at radius 1 is 1.54 bits per heavy atom. The van der Waals surface area contributed by atoms with E-state index in [1.165, 1.54) is 5.56 Å². The smallest absolute Gasteiger partial charge is 0.0982 e. The molecule has 1 aromatic rings. The minimum Gasteiger partial charge on any atom is -0.274 e. The van der Waals surface area contributed by atoms with Crippen LogP contribution in [0.15, 0.2) is 23.3 Å². The van der Waals surface area contributed by atoms with Crippen molar-refractivity contribution in [2.45, 2.75) is 19.9 Å². The van der Waals surface area contributed by atoms with Gasteiger partial charge in [0.2, 0.25) is 0 Å². The van der Waals surface area contributed by atoms with Crippen LogP contribution in [0.1, 0.15) is 18.2 Å². The lowest BCUT2D eigenvalue weighted by atomic mass is 10.2. The Kier molecular flexibility index (Phi) is 2.36. The quantitative estimate of drug-likeness (QED) is 0.682. The Hall–Kier alpha value is -0.830. The minimum atomic E-state index is 0.466. The number of thioether (sulfide) groups is 1. The number of aryl methyl sites for hydroxylation is 1. The van der Waals surface area contributed by atoms with Crippen LogP contribution in [0.25, 0.3) is 0 Å². The molecule has 0 N–H and O–H groups in total. The Balaban J connectivity index is 2.31. The second-order valence-electron chi connectivity index (χ2n) is 3.28. The van der Waals surface area contributed by atoms with Crippen LogP contribution in [-0.4, -0.2) is 21.8 Å². The van der Waals surface area contributed by atoms with Crippen molar-refractivity contribution >= 4 is 16.8 Å². The lowest BCUT2D eigenvalue weighted by Crippen LogP contribution is -1.94. The SMILES string of the molecule is Cc1cc(C2=N[C@H](C)CS2)ccn1. The average Bonchev–Trinajstić information content (AvgIpc) is 2.52. The highest BCUT2D eigenvalue weighted by Gasteiger charge is 2.15.